The Morgan fingerprint density at radius 1 is 1.27 bits per heavy atom. The fourth-order valence-electron chi connectivity index (χ4n) is 2.80. The average Bonchev–Trinajstić information content (AvgIpc) is 3.17. The minimum absolute atomic E-state index is 0.0212. The first-order valence-corrected chi connectivity index (χ1v) is 8.55. The molecule has 8 heteroatoms. The normalized spacial score (nSPS) is 16.3. The third kappa shape index (κ3) is 3.10. The van der Waals surface area contributed by atoms with Crippen LogP contribution in [0.15, 0.2) is 29.4 Å². The number of carbonyl (C=O) groups excluding carboxylic acids is 1. The van der Waals surface area contributed by atoms with Gasteiger partial charge in [0.15, 0.2) is 0 Å². The minimum Gasteiger partial charge on any atom is -0.445 e. The monoisotopic (exact) mass is 352 g/mol. The summed E-state index contributed by atoms with van der Waals surface area (Å²) in [6.07, 6.45) is 8.39. The minimum atomic E-state index is -0.253. The lowest BCUT2D eigenvalue weighted by Gasteiger charge is -2.15. The Bertz CT molecular complexity index is 964. The zero-order valence-electron chi connectivity index (χ0n) is 14.9. The number of anilines is 1. The summed E-state index contributed by atoms with van der Waals surface area (Å²) >= 11 is 0. The van der Waals surface area contributed by atoms with Crippen LogP contribution >= 0.6 is 0 Å². The van der Waals surface area contributed by atoms with Crippen molar-refractivity contribution >= 4 is 22.8 Å². The summed E-state index contributed by atoms with van der Waals surface area (Å²) in [7, 11) is 0. The Balaban J connectivity index is 1.66. The van der Waals surface area contributed by atoms with Gasteiger partial charge in [-0.25, -0.2) is 15.0 Å². The predicted molar refractivity (Wildman–Crippen MR) is 95.7 cm³/mol. The van der Waals surface area contributed by atoms with Gasteiger partial charge < -0.3 is 15.1 Å². The molecule has 8 nitrogen and oxygen atoms in total. The Morgan fingerprint density at radius 3 is 2.69 bits per heavy atom. The highest BCUT2D eigenvalue weighted by Gasteiger charge is 2.38. The number of nitrogens with one attached hydrogen (secondary N) is 2. The molecule has 1 fully saturated rings. The van der Waals surface area contributed by atoms with Crippen molar-refractivity contribution in [3.05, 3.63) is 41.9 Å². The number of hydrogen-bond acceptors (Lipinski definition) is 7. The van der Waals surface area contributed by atoms with E-state index in [9.17, 15) is 4.79 Å². The predicted octanol–water partition coefficient (Wildman–Crippen LogP) is 2.78. The molecule has 4 rings (SSSR count). The molecular weight excluding hydrogens is 332 g/mol. The highest BCUT2D eigenvalue weighted by atomic mass is 16.3. The summed E-state index contributed by atoms with van der Waals surface area (Å²) in [4.78, 5) is 29.6. The summed E-state index contributed by atoms with van der Waals surface area (Å²) < 4.78 is 5.54. The van der Waals surface area contributed by atoms with Crippen LogP contribution in [0.5, 0.6) is 0 Å². The van der Waals surface area contributed by atoms with E-state index in [0.29, 0.717) is 28.3 Å². The van der Waals surface area contributed by atoms with Crippen LogP contribution in [0.3, 0.4) is 0 Å². The SMILES string of the molecule is Cc1nc(NC2(C)CC2)c2c(C(=O)NC(C)c3cncnc3)coc2n1. The van der Waals surface area contributed by atoms with Gasteiger partial charge in [0.05, 0.1) is 17.0 Å². The second kappa shape index (κ2) is 6.05. The molecule has 3 aromatic heterocycles. The van der Waals surface area contributed by atoms with Crippen molar-refractivity contribution < 1.29 is 9.21 Å². The fourth-order valence-corrected chi connectivity index (χ4v) is 2.80. The number of amides is 1. The van der Waals surface area contributed by atoms with Gasteiger partial charge in [-0.3, -0.25) is 4.79 Å². The van der Waals surface area contributed by atoms with Crippen LogP contribution in [0, 0.1) is 6.92 Å². The van der Waals surface area contributed by atoms with Crippen LogP contribution in [0.2, 0.25) is 0 Å². The number of nitrogens with zero attached hydrogens (tertiary/aromatic N) is 4. The topological polar surface area (TPSA) is 106 Å². The first kappa shape index (κ1) is 16.4. The molecule has 0 aromatic carbocycles. The molecule has 26 heavy (non-hydrogen) atoms. The van der Waals surface area contributed by atoms with Gasteiger partial charge in [-0.2, -0.15) is 4.98 Å². The van der Waals surface area contributed by atoms with Gasteiger partial charge in [0, 0.05) is 23.5 Å². The van der Waals surface area contributed by atoms with Gasteiger partial charge in [0.25, 0.3) is 5.91 Å². The molecule has 1 atom stereocenters. The van der Waals surface area contributed by atoms with E-state index in [4.69, 9.17) is 4.42 Å². The van der Waals surface area contributed by atoms with Crippen molar-refractivity contribution in [1.82, 2.24) is 25.3 Å². The van der Waals surface area contributed by atoms with Crippen molar-refractivity contribution in [2.45, 2.75) is 45.2 Å². The van der Waals surface area contributed by atoms with Gasteiger partial charge in [-0.15, -0.1) is 0 Å². The molecule has 0 spiro atoms. The van der Waals surface area contributed by atoms with Crippen LogP contribution in [0.25, 0.3) is 11.1 Å². The summed E-state index contributed by atoms with van der Waals surface area (Å²) in [6.45, 7) is 5.82. The van der Waals surface area contributed by atoms with E-state index in [0.717, 1.165) is 18.4 Å². The maximum Gasteiger partial charge on any atom is 0.255 e. The Hall–Kier alpha value is -3.03. The fraction of sp³-hybridized carbons (Fsp3) is 0.389. The lowest BCUT2D eigenvalue weighted by atomic mass is 10.1. The molecule has 1 aliphatic carbocycles. The molecule has 3 aromatic rings. The van der Waals surface area contributed by atoms with Crippen molar-refractivity contribution in [2.75, 3.05) is 5.32 Å². The van der Waals surface area contributed by atoms with Crippen molar-refractivity contribution in [3.63, 3.8) is 0 Å². The van der Waals surface area contributed by atoms with E-state index in [1.54, 1.807) is 19.3 Å². The van der Waals surface area contributed by atoms with E-state index in [2.05, 4.69) is 37.5 Å². The molecule has 1 amide bonds. The lowest BCUT2D eigenvalue weighted by Crippen LogP contribution is -2.27. The number of aryl methyl sites for hydroxylation is 1. The number of rotatable bonds is 5. The standard InChI is InChI=1S/C18H20N6O2/c1-10(12-6-19-9-20-7-12)21-16(25)13-8-26-17-14(13)15(22-11(2)23-17)24-18(3)4-5-18/h6-10H,4-5H2,1-3H3,(H,21,25)(H,22,23,24). The second-order valence-corrected chi connectivity index (χ2v) is 7.00. The average molecular weight is 352 g/mol. The molecule has 2 N–H and O–H groups in total. The molecule has 1 unspecified atom stereocenters. The third-order valence-electron chi connectivity index (χ3n) is 4.64. The van der Waals surface area contributed by atoms with Crippen molar-refractivity contribution in [2.24, 2.45) is 0 Å². The maximum absolute atomic E-state index is 12.8. The largest absolute Gasteiger partial charge is 0.445 e. The maximum atomic E-state index is 12.8. The highest BCUT2D eigenvalue weighted by molar-refractivity contribution is 6.09. The zero-order valence-corrected chi connectivity index (χ0v) is 14.9. The zero-order chi connectivity index (χ0) is 18.3. The van der Waals surface area contributed by atoms with Crippen LogP contribution in [0.4, 0.5) is 5.82 Å². The van der Waals surface area contributed by atoms with Crippen LogP contribution < -0.4 is 10.6 Å². The van der Waals surface area contributed by atoms with Gasteiger partial charge in [-0.05, 0) is 33.6 Å². The van der Waals surface area contributed by atoms with Crippen molar-refractivity contribution in [3.8, 4) is 0 Å². The first-order chi connectivity index (χ1) is 12.5. The number of hydrogen-bond donors (Lipinski definition) is 2. The summed E-state index contributed by atoms with van der Waals surface area (Å²) in [5.41, 5.74) is 1.66. The van der Waals surface area contributed by atoms with Gasteiger partial charge >= 0.3 is 0 Å². The molecule has 0 bridgehead atoms. The van der Waals surface area contributed by atoms with Crippen LogP contribution in [-0.2, 0) is 0 Å². The molecule has 0 aliphatic heterocycles. The molecule has 0 saturated heterocycles. The van der Waals surface area contributed by atoms with Gasteiger partial charge in [0.2, 0.25) is 5.71 Å². The Morgan fingerprint density at radius 2 is 2.00 bits per heavy atom. The number of aromatic nitrogens is 4. The molecule has 3 heterocycles. The van der Waals surface area contributed by atoms with Crippen molar-refractivity contribution in [1.29, 1.82) is 0 Å². The first-order valence-electron chi connectivity index (χ1n) is 8.55. The summed E-state index contributed by atoms with van der Waals surface area (Å²) in [5.74, 6) is 0.985. The Labute approximate surface area is 150 Å². The molecule has 1 aliphatic rings. The number of carbonyl (C=O) groups is 1. The molecule has 0 radical (unpaired) electrons. The van der Waals surface area contributed by atoms with E-state index in [1.165, 1.54) is 12.6 Å². The van der Waals surface area contributed by atoms with E-state index < -0.39 is 0 Å². The molecular formula is C18H20N6O2. The van der Waals surface area contributed by atoms with Crippen LogP contribution in [0.1, 0.15) is 54.5 Å². The third-order valence-corrected chi connectivity index (χ3v) is 4.64. The summed E-state index contributed by atoms with van der Waals surface area (Å²) in [5, 5.41) is 6.99. The number of fused-ring (bicyclic) bond motifs is 1. The van der Waals surface area contributed by atoms with E-state index >= 15 is 0 Å². The van der Waals surface area contributed by atoms with Gasteiger partial charge in [0.1, 0.15) is 24.2 Å². The highest BCUT2D eigenvalue weighted by Crippen LogP contribution is 2.40. The second-order valence-electron chi connectivity index (χ2n) is 7.00. The van der Waals surface area contributed by atoms with Gasteiger partial charge in [-0.1, -0.05) is 0 Å². The quantitative estimate of drug-likeness (QED) is 0.727. The van der Waals surface area contributed by atoms with Crippen LogP contribution in [-0.4, -0.2) is 31.4 Å². The summed E-state index contributed by atoms with van der Waals surface area (Å²) in [6, 6.07) is -0.239. The Kier molecular flexibility index (Phi) is 3.82. The van der Waals surface area contributed by atoms with E-state index in [-0.39, 0.29) is 17.5 Å². The lowest BCUT2D eigenvalue weighted by molar-refractivity contribution is 0.0940. The smallest absolute Gasteiger partial charge is 0.255 e. The molecule has 134 valence electrons. The number of furan rings is 1. The van der Waals surface area contributed by atoms with E-state index in [1.807, 2.05) is 6.92 Å². The molecule has 1 saturated carbocycles.